The summed E-state index contributed by atoms with van der Waals surface area (Å²) >= 11 is 1.75. The van der Waals surface area contributed by atoms with Crippen LogP contribution in [0, 0.1) is 6.92 Å². The van der Waals surface area contributed by atoms with E-state index in [1.807, 2.05) is 33.8 Å². The monoisotopic (exact) mass is 284 g/mol. The van der Waals surface area contributed by atoms with Crippen molar-refractivity contribution in [2.24, 2.45) is 5.73 Å². The normalized spacial score (nSPS) is 14.6. The van der Waals surface area contributed by atoms with Gasteiger partial charge in [-0.25, -0.2) is 0 Å². The van der Waals surface area contributed by atoms with Gasteiger partial charge in [-0.1, -0.05) is 0 Å². The van der Waals surface area contributed by atoms with E-state index in [0.29, 0.717) is 0 Å². The van der Waals surface area contributed by atoms with Crippen LogP contribution in [0.5, 0.6) is 0 Å². The number of hydrogen-bond donors (Lipinski definition) is 2. The van der Waals surface area contributed by atoms with Gasteiger partial charge in [0.25, 0.3) is 0 Å². The van der Waals surface area contributed by atoms with Gasteiger partial charge < -0.3 is 15.5 Å². The van der Waals surface area contributed by atoms with Gasteiger partial charge in [0.2, 0.25) is 5.91 Å². The molecule has 1 rings (SSSR count). The number of thioether (sulfide) groups is 1. The van der Waals surface area contributed by atoms with E-state index in [-0.39, 0.29) is 11.9 Å². The van der Waals surface area contributed by atoms with Crippen LogP contribution in [0.1, 0.15) is 39.4 Å². The van der Waals surface area contributed by atoms with Gasteiger partial charge in [0, 0.05) is 10.9 Å². The van der Waals surface area contributed by atoms with Crippen molar-refractivity contribution < 1.29 is 9.21 Å². The van der Waals surface area contributed by atoms with Gasteiger partial charge in [0.1, 0.15) is 5.76 Å². The number of carbonyl (C=O) groups is 1. The molecular formula is C14H24N2O2S. The number of furan rings is 1. The van der Waals surface area contributed by atoms with Crippen molar-refractivity contribution in [3.63, 3.8) is 0 Å². The highest BCUT2D eigenvalue weighted by Crippen LogP contribution is 2.25. The van der Waals surface area contributed by atoms with Gasteiger partial charge in [-0.15, -0.1) is 11.8 Å². The Morgan fingerprint density at radius 3 is 2.74 bits per heavy atom. The molecule has 0 spiro atoms. The molecule has 0 bridgehead atoms. The summed E-state index contributed by atoms with van der Waals surface area (Å²) in [6.45, 7) is 7.87. The molecule has 5 heteroatoms. The standard InChI is InChI=1S/C14H24N2O2S/c1-10(2)16-14(4,13(15)17)7-5-9-19-12-6-8-18-11(12)3/h6,8,10,16H,5,7,9H2,1-4H3,(H2,15,17). The van der Waals surface area contributed by atoms with Crippen molar-refractivity contribution in [3.05, 3.63) is 18.1 Å². The van der Waals surface area contributed by atoms with Crippen molar-refractivity contribution in [1.82, 2.24) is 5.32 Å². The highest BCUT2D eigenvalue weighted by molar-refractivity contribution is 7.99. The lowest BCUT2D eigenvalue weighted by Crippen LogP contribution is -2.55. The summed E-state index contributed by atoms with van der Waals surface area (Å²) < 4.78 is 5.25. The highest BCUT2D eigenvalue weighted by Gasteiger charge is 2.30. The molecule has 1 amide bonds. The third-order valence-corrected chi connectivity index (χ3v) is 4.27. The smallest absolute Gasteiger partial charge is 0.237 e. The van der Waals surface area contributed by atoms with Gasteiger partial charge in [-0.3, -0.25) is 4.79 Å². The summed E-state index contributed by atoms with van der Waals surface area (Å²) in [5.41, 5.74) is 4.87. The maximum Gasteiger partial charge on any atom is 0.237 e. The first-order valence-corrected chi connectivity index (χ1v) is 7.58. The summed E-state index contributed by atoms with van der Waals surface area (Å²) in [4.78, 5) is 12.7. The minimum Gasteiger partial charge on any atom is -0.468 e. The number of primary amides is 1. The zero-order valence-electron chi connectivity index (χ0n) is 12.2. The first kappa shape index (κ1) is 16.1. The molecule has 1 unspecified atom stereocenters. The van der Waals surface area contributed by atoms with E-state index >= 15 is 0 Å². The van der Waals surface area contributed by atoms with Crippen LogP contribution in [0.25, 0.3) is 0 Å². The van der Waals surface area contributed by atoms with Gasteiger partial charge in [-0.05, 0) is 52.4 Å². The molecule has 0 aromatic carbocycles. The molecule has 0 fully saturated rings. The third kappa shape index (κ3) is 4.91. The quantitative estimate of drug-likeness (QED) is 0.569. The molecule has 0 saturated heterocycles. The summed E-state index contributed by atoms with van der Waals surface area (Å²) in [5, 5.41) is 3.26. The zero-order valence-corrected chi connectivity index (χ0v) is 13.0. The van der Waals surface area contributed by atoms with Crippen LogP contribution in [0.3, 0.4) is 0 Å². The Balaban J connectivity index is 2.41. The predicted molar refractivity (Wildman–Crippen MR) is 79.3 cm³/mol. The van der Waals surface area contributed by atoms with E-state index < -0.39 is 5.54 Å². The topological polar surface area (TPSA) is 68.3 Å². The summed E-state index contributed by atoms with van der Waals surface area (Å²) in [6.07, 6.45) is 3.37. The van der Waals surface area contributed by atoms with E-state index in [2.05, 4.69) is 5.32 Å². The molecule has 1 aromatic rings. The molecule has 0 radical (unpaired) electrons. The Morgan fingerprint density at radius 2 is 2.26 bits per heavy atom. The lowest BCUT2D eigenvalue weighted by Gasteiger charge is -2.29. The van der Waals surface area contributed by atoms with Crippen LogP contribution in [0.2, 0.25) is 0 Å². The number of rotatable bonds is 8. The Labute approximate surface area is 119 Å². The minimum atomic E-state index is -0.625. The number of nitrogens with two attached hydrogens (primary N) is 1. The second kappa shape index (κ2) is 7.01. The molecule has 3 N–H and O–H groups in total. The lowest BCUT2D eigenvalue weighted by atomic mass is 9.94. The SMILES string of the molecule is Cc1occc1SCCCC(C)(NC(C)C)C(N)=O. The molecule has 1 aromatic heterocycles. The van der Waals surface area contributed by atoms with E-state index in [0.717, 1.165) is 29.3 Å². The van der Waals surface area contributed by atoms with Gasteiger partial charge >= 0.3 is 0 Å². The summed E-state index contributed by atoms with van der Waals surface area (Å²) in [5.74, 6) is 1.61. The maximum atomic E-state index is 11.6. The molecule has 19 heavy (non-hydrogen) atoms. The van der Waals surface area contributed by atoms with Crippen molar-refractivity contribution in [2.75, 3.05) is 5.75 Å². The van der Waals surface area contributed by atoms with Crippen molar-refractivity contribution in [1.29, 1.82) is 0 Å². The number of amides is 1. The fourth-order valence-electron chi connectivity index (χ4n) is 2.03. The van der Waals surface area contributed by atoms with Crippen molar-refractivity contribution in [3.8, 4) is 0 Å². The van der Waals surface area contributed by atoms with E-state index in [1.54, 1.807) is 18.0 Å². The molecular weight excluding hydrogens is 260 g/mol. The maximum absolute atomic E-state index is 11.6. The van der Waals surface area contributed by atoms with Crippen molar-refractivity contribution in [2.45, 2.75) is 57.0 Å². The molecule has 0 aliphatic heterocycles. The number of hydrogen-bond acceptors (Lipinski definition) is 4. The average molecular weight is 284 g/mol. The van der Waals surface area contributed by atoms with Gasteiger partial charge in [0.05, 0.1) is 11.8 Å². The molecule has 0 aliphatic carbocycles. The number of nitrogens with one attached hydrogen (secondary N) is 1. The average Bonchev–Trinajstić information content (AvgIpc) is 2.69. The third-order valence-electron chi connectivity index (χ3n) is 3.04. The molecule has 4 nitrogen and oxygen atoms in total. The predicted octanol–water partition coefficient (Wildman–Crippen LogP) is 2.70. The molecule has 1 atom stereocenters. The van der Waals surface area contributed by atoms with Crippen LogP contribution in [-0.4, -0.2) is 23.2 Å². The fourth-order valence-corrected chi connectivity index (χ4v) is 2.95. The Morgan fingerprint density at radius 1 is 1.58 bits per heavy atom. The van der Waals surface area contributed by atoms with Crippen molar-refractivity contribution >= 4 is 17.7 Å². The number of aryl methyl sites for hydroxylation is 1. The van der Waals surface area contributed by atoms with Crippen LogP contribution >= 0.6 is 11.8 Å². The highest BCUT2D eigenvalue weighted by atomic mass is 32.2. The largest absolute Gasteiger partial charge is 0.468 e. The van der Waals surface area contributed by atoms with Gasteiger partial charge in [-0.2, -0.15) is 0 Å². The van der Waals surface area contributed by atoms with E-state index in [1.165, 1.54) is 0 Å². The zero-order chi connectivity index (χ0) is 14.5. The second-order valence-corrected chi connectivity index (χ2v) is 6.43. The van der Waals surface area contributed by atoms with E-state index in [9.17, 15) is 4.79 Å². The molecule has 108 valence electrons. The fraction of sp³-hybridized carbons (Fsp3) is 0.643. The minimum absolute atomic E-state index is 0.237. The van der Waals surface area contributed by atoms with Crippen LogP contribution in [0.4, 0.5) is 0 Å². The molecule has 0 saturated carbocycles. The van der Waals surface area contributed by atoms with Crippen LogP contribution in [0.15, 0.2) is 21.6 Å². The molecule has 0 aliphatic rings. The number of carbonyl (C=O) groups excluding carboxylic acids is 1. The summed E-state index contributed by atoms with van der Waals surface area (Å²) in [7, 11) is 0. The first-order chi connectivity index (χ1) is 8.85. The van der Waals surface area contributed by atoms with E-state index in [4.69, 9.17) is 10.2 Å². The second-order valence-electron chi connectivity index (χ2n) is 5.29. The Kier molecular flexibility index (Phi) is 5.94. The van der Waals surface area contributed by atoms with Crippen LogP contribution in [-0.2, 0) is 4.79 Å². The Hall–Kier alpha value is -0.940. The van der Waals surface area contributed by atoms with Crippen LogP contribution < -0.4 is 11.1 Å². The Bertz CT molecular complexity index is 417. The lowest BCUT2D eigenvalue weighted by molar-refractivity contribution is -0.124. The van der Waals surface area contributed by atoms with Gasteiger partial charge in [0.15, 0.2) is 0 Å². The summed E-state index contributed by atoms with van der Waals surface area (Å²) in [6, 6.07) is 2.21. The molecule has 1 heterocycles. The first-order valence-electron chi connectivity index (χ1n) is 6.59.